The molecule has 0 atom stereocenters. The van der Waals surface area contributed by atoms with Crippen LogP contribution in [-0.4, -0.2) is 22.3 Å². The van der Waals surface area contributed by atoms with E-state index in [0.29, 0.717) is 12.5 Å². The van der Waals surface area contributed by atoms with E-state index >= 15 is 0 Å². The molecule has 21 heavy (non-hydrogen) atoms. The number of benzene rings is 1. The molecule has 114 valence electrons. The molecule has 1 aromatic heterocycles. The molecule has 0 amide bonds. The van der Waals surface area contributed by atoms with E-state index in [0.717, 1.165) is 24.2 Å². The Morgan fingerprint density at radius 1 is 1.43 bits per heavy atom. The van der Waals surface area contributed by atoms with Crippen LogP contribution in [0.4, 0.5) is 5.69 Å². The summed E-state index contributed by atoms with van der Waals surface area (Å²) in [6, 6.07) is 8.18. The van der Waals surface area contributed by atoms with Crippen LogP contribution >= 0.6 is 24.0 Å². The zero-order valence-electron chi connectivity index (χ0n) is 12.4. The number of aliphatic imine (C=N–C) groups is 1. The quantitative estimate of drug-likeness (QED) is 0.462. The number of anilines is 1. The number of aryl methyl sites for hydroxylation is 2. The fourth-order valence-electron chi connectivity index (χ4n) is 1.92. The van der Waals surface area contributed by atoms with Crippen LogP contribution in [0.25, 0.3) is 0 Å². The minimum atomic E-state index is 0. The molecule has 1 heterocycles. The number of rotatable bonds is 5. The van der Waals surface area contributed by atoms with Gasteiger partial charge in [-0.1, -0.05) is 19.1 Å². The van der Waals surface area contributed by atoms with Crippen molar-refractivity contribution < 1.29 is 0 Å². The molecular weight excluding hydrogens is 377 g/mol. The molecule has 0 aliphatic rings. The average molecular weight is 399 g/mol. The van der Waals surface area contributed by atoms with Crippen LogP contribution in [0.1, 0.15) is 18.1 Å². The smallest absolute Gasteiger partial charge is 0.193 e. The molecule has 0 spiro atoms. The van der Waals surface area contributed by atoms with Gasteiger partial charge in [-0.25, -0.2) is 0 Å². The van der Waals surface area contributed by atoms with Gasteiger partial charge in [-0.15, -0.1) is 24.0 Å². The predicted molar refractivity (Wildman–Crippen MR) is 98.3 cm³/mol. The summed E-state index contributed by atoms with van der Waals surface area (Å²) < 4.78 is 1.86. The Balaban J connectivity index is 0.00000220. The molecule has 3 N–H and O–H groups in total. The number of nitrogens with one attached hydrogen (secondary N) is 1. The molecule has 6 heteroatoms. The third kappa shape index (κ3) is 5.74. The van der Waals surface area contributed by atoms with E-state index in [4.69, 9.17) is 5.73 Å². The third-order valence-electron chi connectivity index (χ3n) is 2.98. The number of hydrogen-bond acceptors (Lipinski definition) is 2. The summed E-state index contributed by atoms with van der Waals surface area (Å²) in [4.78, 5) is 4.30. The van der Waals surface area contributed by atoms with E-state index in [-0.39, 0.29) is 24.0 Å². The lowest BCUT2D eigenvalue weighted by atomic mass is 10.1. The second kappa shape index (κ2) is 8.66. The maximum absolute atomic E-state index is 5.88. The lowest BCUT2D eigenvalue weighted by Crippen LogP contribution is -2.23. The van der Waals surface area contributed by atoms with Crippen molar-refractivity contribution in [1.29, 1.82) is 0 Å². The maximum Gasteiger partial charge on any atom is 0.193 e. The molecule has 0 aliphatic heterocycles. The molecule has 0 bridgehead atoms. The Morgan fingerprint density at radius 2 is 2.24 bits per heavy atom. The van der Waals surface area contributed by atoms with Crippen molar-refractivity contribution in [1.82, 2.24) is 9.78 Å². The van der Waals surface area contributed by atoms with Crippen LogP contribution in [0, 0.1) is 6.92 Å². The SMILES string of the molecule is CCc1cccc(NC(N)=NCCn2cc(C)cn2)c1.I. The molecule has 2 rings (SSSR count). The van der Waals surface area contributed by atoms with Crippen LogP contribution in [0.15, 0.2) is 41.7 Å². The summed E-state index contributed by atoms with van der Waals surface area (Å²) >= 11 is 0. The number of guanidine groups is 1. The van der Waals surface area contributed by atoms with E-state index in [2.05, 4.69) is 34.5 Å². The standard InChI is InChI=1S/C15H21N5.HI/c1-3-13-5-4-6-14(9-13)19-15(16)17-7-8-20-11-12(2)10-18-20;/h4-6,9-11H,3,7-8H2,1-2H3,(H3,16,17,19);1H. The minimum absolute atomic E-state index is 0. The van der Waals surface area contributed by atoms with Crippen LogP contribution in [0.5, 0.6) is 0 Å². The summed E-state index contributed by atoms with van der Waals surface area (Å²) in [6.45, 7) is 5.48. The Bertz CT molecular complexity index is 591. The van der Waals surface area contributed by atoms with Gasteiger partial charge in [0, 0.05) is 11.9 Å². The molecule has 1 aromatic carbocycles. The first-order chi connectivity index (χ1) is 9.67. The first-order valence-electron chi connectivity index (χ1n) is 6.82. The fraction of sp³-hybridized carbons (Fsp3) is 0.333. The highest BCUT2D eigenvalue weighted by Crippen LogP contribution is 2.10. The topological polar surface area (TPSA) is 68.2 Å². The molecule has 0 unspecified atom stereocenters. The summed E-state index contributed by atoms with van der Waals surface area (Å²) in [5.74, 6) is 0.433. The summed E-state index contributed by atoms with van der Waals surface area (Å²) in [5.41, 5.74) is 9.27. The van der Waals surface area contributed by atoms with Crippen molar-refractivity contribution in [3.8, 4) is 0 Å². The monoisotopic (exact) mass is 399 g/mol. The zero-order valence-corrected chi connectivity index (χ0v) is 14.7. The molecular formula is C15H22IN5. The molecule has 0 fully saturated rings. The van der Waals surface area contributed by atoms with Crippen LogP contribution < -0.4 is 11.1 Å². The fourth-order valence-corrected chi connectivity index (χ4v) is 1.92. The zero-order chi connectivity index (χ0) is 14.4. The molecule has 2 aromatic rings. The van der Waals surface area contributed by atoms with Crippen LogP contribution in [0.2, 0.25) is 0 Å². The van der Waals surface area contributed by atoms with E-state index < -0.39 is 0 Å². The van der Waals surface area contributed by atoms with Crippen molar-refractivity contribution in [3.05, 3.63) is 47.8 Å². The Morgan fingerprint density at radius 3 is 2.90 bits per heavy atom. The van der Waals surface area contributed by atoms with Gasteiger partial charge in [-0.2, -0.15) is 5.10 Å². The van der Waals surface area contributed by atoms with Crippen molar-refractivity contribution in [2.75, 3.05) is 11.9 Å². The summed E-state index contributed by atoms with van der Waals surface area (Å²) in [5, 5.41) is 7.31. The summed E-state index contributed by atoms with van der Waals surface area (Å²) in [6.07, 6.45) is 4.83. The first kappa shape index (κ1) is 17.5. The predicted octanol–water partition coefficient (Wildman–Crippen LogP) is 2.80. The first-order valence-corrected chi connectivity index (χ1v) is 6.82. The Labute approximate surface area is 142 Å². The van der Waals surface area contributed by atoms with Gasteiger partial charge in [-0.05, 0) is 36.6 Å². The largest absolute Gasteiger partial charge is 0.370 e. The molecule has 0 saturated heterocycles. The Kier molecular flexibility index (Phi) is 7.21. The number of hydrogen-bond donors (Lipinski definition) is 2. The van der Waals surface area contributed by atoms with Crippen molar-refractivity contribution in [3.63, 3.8) is 0 Å². The van der Waals surface area contributed by atoms with Gasteiger partial charge in [0.1, 0.15) is 0 Å². The van der Waals surface area contributed by atoms with Crippen molar-refractivity contribution in [2.45, 2.75) is 26.8 Å². The number of halogens is 1. The van der Waals surface area contributed by atoms with E-state index in [9.17, 15) is 0 Å². The third-order valence-corrected chi connectivity index (χ3v) is 2.98. The molecule has 0 radical (unpaired) electrons. The minimum Gasteiger partial charge on any atom is -0.370 e. The number of nitrogens with zero attached hydrogens (tertiary/aromatic N) is 3. The van der Waals surface area contributed by atoms with E-state index in [1.54, 1.807) is 0 Å². The van der Waals surface area contributed by atoms with Gasteiger partial charge in [-0.3, -0.25) is 9.67 Å². The van der Waals surface area contributed by atoms with Gasteiger partial charge in [0.15, 0.2) is 5.96 Å². The number of aromatic nitrogens is 2. The normalized spacial score (nSPS) is 11.0. The lowest BCUT2D eigenvalue weighted by Gasteiger charge is -2.07. The second-order valence-electron chi connectivity index (χ2n) is 4.73. The lowest BCUT2D eigenvalue weighted by molar-refractivity contribution is 0.625. The van der Waals surface area contributed by atoms with E-state index in [1.165, 1.54) is 5.56 Å². The van der Waals surface area contributed by atoms with Crippen LogP contribution in [-0.2, 0) is 13.0 Å². The average Bonchev–Trinajstić information content (AvgIpc) is 2.84. The van der Waals surface area contributed by atoms with Gasteiger partial charge < -0.3 is 11.1 Å². The van der Waals surface area contributed by atoms with Gasteiger partial charge in [0.2, 0.25) is 0 Å². The van der Waals surface area contributed by atoms with Gasteiger partial charge in [0.25, 0.3) is 0 Å². The molecule has 0 aliphatic carbocycles. The van der Waals surface area contributed by atoms with Gasteiger partial charge >= 0.3 is 0 Å². The van der Waals surface area contributed by atoms with Crippen LogP contribution in [0.3, 0.4) is 0 Å². The molecule has 5 nitrogen and oxygen atoms in total. The highest BCUT2D eigenvalue weighted by molar-refractivity contribution is 14.0. The summed E-state index contributed by atoms with van der Waals surface area (Å²) in [7, 11) is 0. The highest BCUT2D eigenvalue weighted by atomic mass is 127. The highest BCUT2D eigenvalue weighted by Gasteiger charge is 1.97. The van der Waals surface area contributed by atoms with Gasteiger partial charge in [0.05, 0.1) is 19.3 Å². The van der Waals surface area contributed by atoms with Crippen molar-refractivity contribution in [2.24, 2.45) is 10.7 Å². The Hall–Kier alpha value is -1.57. The second-order valence-corrected chi connectivity index (χ2v) is 4.73. The number of nitrogens with two attached hydrogens (primary N) is 1. The van der Waals surface area contributed by atoms with E-state index in [1.807, 2.05) is 36.1 Å². The maximum atomic E-state index is 5.88. The van der Waals surface area contributed by atoms with Crippen molar-refractivity contribution >= 4 is 35.6 Å². The molecule has 0 saturated carbocycles.